The number of ether oxygens (including phenoxy) is 1. The van der Waals surface area contributed by atoms with E-state index in [1.54, 1.807) is 0 Å². The molecule has 4 rings (SSSR count). The van der Waals surface area contributed by atoms with Crippen molar-refractivity contribution in [3.8, 4) is 0 Å². The maximum Gasteiger partial charge on any atom is 0.243 e. The van der Waals surface area contributed by atoms with Crippen LogP contribution in [-0.4, -0.2) is 45.8 Å². The van der Waals surface area contributed by atoms with Gasteiger partial charge in [0, 0.05) is 48.7 Å². The van der Waals surface area contributed by atoms with Gasteiger partial charge >= 0.3 is 0 Å². The van der Waals surface area contributed by atoms with Gasteiger partial charge in [-0.2, -0.15) is 0 Å². The molecule has 0 unspecified atom stereocenters. The number of aromatic nitrogens is 1. The number of fused-ring (bicyclic) bond motifs is 1. The highest BCUT2D eigenvalue weighted by molar-refractivity contribution is 6.31. The summed E-state index contributed by atoms with van der Waals surface area (Å²) >= 11 is 6.08. The van der Waals surface area contributed by atoms with Gasteiger partial charge < -0.3 is 19.9 Å². The lowest BCUT2D eigenvalue weighted by molar-refractivity contribution is -0.344. The van der Waals surface area contributed by atoms with Crippen molar-refractivity contribution in [1.29, 1.82) is 0 Å². The summed E-state index contributed by atoms with van der Waals surface area (Å²) in [6, 6.07) is 15.6. The number of halogens is 1. The molecule has 150 valence electrons. The molecule has 2 heterocycles. The number of carbonyl (C=O) groups is 1. The standard InChI is InChI=1S/C22H23ClN4O2/c1-26(21-8-9-24-20-14-16(23)2-7-19(20)21)15-22(28)25-17-3-5-18(6-4-17)27-10-12-29-13-11-27/h2-9,14H,10-13,15H2,1H3,(H,25,28)/p+1. The third kappa shape index (κ3) is 4.60. The molecule has 0 aliphatic carbocycles. The van der Waals surface area contributed by atoms with E-state index in [9.17, 15) is 4.79 Å². The summed E-state index contributed by atoms with van der Waals surface area (Å²) < 4.78 is 5.39. The lowest BCUT2D eigenvalue weighted by atomic mass is 10.1. The number of benzene rings is 2. The number of hydrogen-bond acceptors (Lipinski definition) is 4. The van der Waals surface area contributed by atoms with Gasteiger partial charge in [0.1, 0.15) is 0 Å². The van der Waals surface area contributed by atoms with E-state index in [4.69, 9.17) is 16.3 Å². The molecule has 1 saturated heterocycles. The highest BCUT2D eigenvalue weighted by Gasteiger charge is 2.14. The Morgan fingerprint density at radius 1 is 1.17 bits per heavy atom. The zero-order valence-corrected chi connectivity index (χ0v) is 17.1. The second-order valence-corrected chi connectivity index (χ2v) is 7.54. The number of hydrogen-bond donors (Lipinski definition) is 1. The minimum atomic E-state index is -0.0680. The average molecular weight is 412 g/mol. The fourth-order valence-electron chi connectivity index (χ4n) is 3.57. The fourth-order valence-corrected chi connectivity index (χ4v) is 3.74. The van der Waals surface area contributed by atoms with Crippen molar-refractivity contribution in [2.24, 2.45) is 0 Å². The van der Waals surface area contributed by atoms with Gasteiger partial charge in [0.15, 0.2) is 6.20 Å². The van der Waals surface area contributed by atoms with E-state index < -0.39 is 0 Å². The Morgan fingerprint density at radius 3 is 2.69 bits per heavy atom. The van der Waals surface area contributed by atoms with E-state index in [1.807, 2.05) is 66.7 Å². The van der Waals surface area contributed by atoms with Crippen LogP contribution in [0, 0.1) is 0 Å². The zero-order valence-electron chi connectivity index (χ0n) is 16.3. The van der Waals surface area contributed by atoms with Crippen molar-refractivity contribution in [3.63, 3.8) is 0 Å². The summed E-state index contributed by atoms with van der Waals surface area (Å²) in [5.74, 6) is -0.0680. The van der Waals surface area contributed by atoms with Gasteiger partial charge in [0.25, 0.3) is 0 Å². The Bertz CT molecular complexity index is 1000. The number of pyridine rings is 1. The summed E-state index contributed by atoms with van der Waals surface area (Å²) in [7, 11) is 1.91. The maximum atomic E-state index is 12.6. The molecular formula is C22H24ClN4O2+. The SMILES string of the molecule is CN(CC(=O)Nc1ccc(N2CCOCC2)cc1)c1cc[nH+]c2cc(Cl)ccc12. The maximum absolute atomic E-state index is 12.6. The smallest absolute Gasteiger partial charge is 0.243 e. The third-order valence-corrected chi connectivity index (χ3v) is 5.29. The van der Waals surface area contributed by atoms with Gasteiger partial charge in [-0.05, 0) is 36.4 Å². The first-order valence-corrected chi connectivity index (χ1v) is 10.0. The number of morpholine rings is 1. The largest absolute Gasteiger partial charge is 0.378 e. The van der Waals surface area contributed by atoms with Crippen LogP contribution in [0.4, 0.5) is 17.1 Å². The van der Waals surface area contributed by atoms with Crippen molar-refractivity contribution in [3.05, 3.63) is 59.8 Å². The molecule has 0 atom stereocenters. The first-order valence-electron chi connectivity index (χ1n) is 9.64. The van der Waals surface area contributed by atoms with Crippen LogP contribution in [0.25, 0.3) is 10.9 Å². The van der Waals surface area contributed by atoms with Gasteiger partial charge in [-0.15, -0.1) is 0 Å². The number of anilines is 3. The van der Waals surface area contributed by atoms with E-state index in [-0.39, 0.29) is 12.5 Å². The van der Waals surface area contributed by atoms with Crippen LogP contribution in [0.3, 0.4) is 0 Å². The van der Waals surface area contributed by atoms with E-state index in [1.165, 1.54) is 0 Å². The fraction of sp³-hybridized carbons (Fsp3) is 0.273. The highest BCUT2D eigenvalue weighted by Crippen LogP contribution is 2.25. The number of H-pyrrole nitrogens is 1. The molecule has 6 nitrogen and oxygen atoms in total. The zero-order chi connectivity index (χ0) is 20.2. The van der Waals surface area contributed by atoms with Crippen LogP contribution >= 0.6 is 11.6 Å². The second kappa shape index (κ2) is 8.68. The molecule has 0 saturated carbocycles. The van der Waals surface area contributed by atoms with E-state index in [0.29, 0.717) is 5.02 Å². The summed E-state index contributed by atoms with van der Waals surface area (Å²) in [5.41, 5.74) is 3.83. The minimum absolute atomic E-state index is 0.0680. The van der Waals surface area contributed by atoms with Crippen LogP contribution in [0.5, 0.6) is 0 Å². The van der Waals surface area contributed by atoms with Gasteiger partial charge in [-0.25, -0.2) is 4.98 Å². The van der Waals surface area contributed by atoms with Gasteiger partial charge in [-0.3, -0.25) is 4.79 Å². The van der Waals surface area contributed by atoms with Crippen molar-refractivity contribution >= 4 is 45.5 Å². The molecule has 0 radical (unpaired) electrons. The first kappa shape index (κ1) is 19.5. The lowest BCUT2D eigenvalue weighted by Crippen LogP contribution is -2.36. The van der Waals surface area contributed by atoms with Crippen LogP contribution in [-0.2, 0) is 9.53 Å². The third-order valence-electron chi connectivity index (χ3n) is 5.06. The molecule has 7 heteroatoms. The van der Waals surface area contributed by atoms with E-state index in [2.05, 4.69) is 15.2 Å². The van der Waals surface area contributed by atoms with Crippen LogP contribution in [0.1, 0.15) is 0 Å². The minimum Gasteiger partial charge on any atom is -0.378 e. The van der Waals surface area contributed by atoms with Crippen molar-refractivity contribution < 1.29 is 14.5 Å². The molecule has 1 fully saturated rings. The number of rotatable bonds is 5. The van der Waals surface area contributed by atoms with Crippen LogP contribution in [0.15, 0.2) is 54.7 Å². The van der Waals surface area contributed by atoms with E-state index >= 15 is 0 Å². The number of nitrogens with zero attached hydrogens (tertiary/aromatic N) is 2. The normalized spacial score (nSPS) is 14.1. The van der Waals surface area contributed by atoms with Gasteiger partial charge in [-0.1, -0.05) is 11.6 Å². The Kier molecular flexibility index (Phi) is 5.83. The number of aromatic amines is 1. The van der Waals surface area contributed by atoms with Gasteiger partial charge in [0.05, 0.1) is 30.8 Å². The first-order chi connectivity index (χ1) is 14.1. The quantitative estimate of drug-likeness (QED) is 0.700. The number of nitrogens with one attached hydrogen (secondary N) is 2. The molecule has 1 aliphatic rings. The Balaban J connectivity index is 1.40. The molecule has 2 N–H and O–H groups in total. The molecule has 3 aromatic rings. The second-order valence-electron chi connectivity index (χ2n) is 7.10. The Morgan fingerprint density at radius 2 is 1.93 bits per heavy atom. The number of likely N-dealkylation sites (N-methyl/N-ethyl adjacent to an activating group) is 1. The Labute approximate surface area is 175 Å². The van der Waals surface area contributed by atoms with E-state index in [0.717, 1.165) is 54.3 Å². The lowest BCUT2D eigenvalue weighted by Gasteiger charge is -2.29. The average Bonchev–Trinajstić information content (AvgIpc) is 2.74. The summed E-state index contributed by atoms with van der Waals surface area (Å²) in [5, 5.41) is 4.67. The predicted molar refractivity (Wildman–Crippen MR) is 117 cm³/mol. The van der Waals surface area contributed by atoms with Crippen molar-refractivity contribution in [1.82, 2.24) is 0 Å². The van der Waals surface area contributed by atoms with Crippen LogP contribution in [0.2, 0.25) is 5.02 Å². The molecular weight excluding hydrogens is 388 g/mol. The summed E-state index contributed by atoms with van der Waals surface area (Å²) in [6.45, 7) is 3.53. The molecule has 29 heavy (non-hydrogen) atoms. The number of amides is 1. The molecule has 0 spiro atoms. The summed E-state index contributed by atoms with van der Waals surface area (Å²) in [4.78, 5) is 20.0. The monoisotopic (exact) mass is 411 g/mol. The topological polar surface area (TPSA) is 59.0 Å². The highest BCUT2D eigenvalue weighted by atomic mass is 35.5. The molecule has 1 aliphatic heterocycles. The van der Waals surface area contributed by atoms with Crippen molar-refractivity contribution in [2.45, 2.75) is 0 Å². The van der Waals surface area contributed by atoms with Gasteiger partial charge in [0.2, 0.25) is 11.4 Å². The van der Waals surface area contributed by atoms with Crippen molar-refractivity contribution in [2.75, 3.05) is 55.0 Å². The molecule has 1 amide bonds. The number of carbonyl (C=O) groups excluding carboxylic acids is 1. The molecule has 0 bridgehead atoms. The molecule has 1 aromatic heterocycles. The molecule has 2 aromatic carbocycles. The van der Waals surface area contributed by atoms with Crippen LogP contribution < -0.4 is 20.1 Å². The predicted octanol–water partition coefficient (Wildman–Crippen LogP) is 3.22. The Hall–Kier alpha value is -2.83. The summed E-state index contributed by atoms with van der Waals surface area (Å²) in [6.07, 6.45) is 1.85.